The van der Waals surface area contributed by atoms with Gasteiger partial charge in [0.1, 0.15) is 11.5 Å². The molecule has 1 aliphatic carbocycles. The second kappa shape index (κ2) is 7.03. The summed E-state index contributed by atoms with van der Waals surface area (Å²) in [5.41, 5.74) is 3.16. The van der Waals surface area contributed by atoms with Gasteiger partial charge in [0.25, 0.3) is 5.91 Å². The fourth-order valence-corrected chi connectivity index (χ4v) is 4.09. The number of nitrogens with zero attached hydrogens (tertiary/aromatic N) is 3. The smallest absolute Gasteiger partial charge is 0.266 e. The van der Waals surface area contributed by atoms with Crippen LogP contribution in [0.4, 0.5) is 5.13 Å². The average molecular weight is 384 g/mol. The number of methoxy groups -OCH3 is 1. The van der Waals surface area contributed by atoms with Gasteiger partial charge in [-0.1, -0.05) is 6.07 Å². The van der Waals surface area contributed by atoms with Crippen LogP contribution in [0.15, 0.2) is 30.5 Å². The third kappa shape index (κ3) is 3.40. The lowest BCUT2D eigenvalue weighted by atomic mass is 10.0. The molecule has 0 aliphatic heterocycles. The van der Waals surface area contributed by atoms with Crippen molar-refractivity contribution in [3.8, 4) is 22.8 Å². The fraction of sp³-hybridized carbons (Fsp3) is 0.316. The van der Waals surface area contributed by atoms with Crippen molar-refractivity contribution in [3.63, 3.8) is 0 Å². The predicted molar refractivity (Wildman–Crippen MR) is 103 cm³/mol. The summed E-state index contributed by atoms with van der Waals surface area (Å²) in [5.74, 6) is 1.02. The molecule has 1 amide bonds. The molecule has 27 heavy (non-hydrogen) atoms. The zero-order chi connectivity index (χ0) is 19.0. The maximum Gasteiger partial charge on any atom is 0.266 e. The molecule has 7 nitrogen and oxygen atoms in total. The summed E-state index contributed by atoms with van der Waals surface area (Å²) >= 11 is 1.51. The van der Waals surface area contributed by atoms with Gasteiger partial charge in [-0.3, -0.25) is 14.8 Å². The molecule has 4 rings (SSSR count). The lowest BCUT2D eigenvalue weighted by Crippen LogP contribution is -2.30. The first-order valence-corrected chi connectivity index (χ1v) is 9.49. The third-order valence-electron chi connectivity index (χ3n) is 4.56. The van der Waals surface area contributed by atoms with Crippen LogP contribution in [-0.4, -0.2) is 33.9 Å². The van der Waals surface area contributed by atoms with Gasteiger partial charge in [0.2, 0.25) is 0 Å². The number of hydrogen-bond donors (Lipinski definition) is 1. The minimum Gasteiger partial charge on any atom is -0.497 e. The van der Waals surface area contributed by atoms with Crippen molar-refractivity contribution in [3.05, 3.63) is 41.0 Å². The Hall–Kier alpha value is -2.87. The van der Waals surface area contributed by atoms with E-state index in [1.165, 1.54) is 21.9 Å². The van der Waals surface area contributed by atoms with Gasteiger partial charge in [0.05, 0.1) is 19.0 Å². The summed E-state index contributed by atoms with van der Waals surface area (Å²) in [7, 11) is 3.53. The molecule has 0 radical (unpaired) electrons. The van der Waals surface area contributed by atoms with E-state index >= 15 is 0 Å². The SMILES string of the molecule is COc1cccc(O[C@H](C)C(=O)Nc2nc3c(s2)CCc2c-3cnn2C)c1. The number of hydrogen-bond acceptors (Lipinski definition) is 6. The minimum absolute atomic E-state index is 0.240. The Kier molecular flexibility index (Phi) is 4.57. The van der Waals surface area contributed by atoms with Crippen LogP contribution in [0.25, 0.3) is 11.3 Å². The quantitative estimate of drug-likeness (QED) is 0.731. The monoisotopic (exact) mass is 384 g/mol. The number of fused-ring (bicyclic) bond motifs is 3. The van der Waals surface area contributed by atoms with Crippen molar-refractivity contribution in [2.24, 2.45) is 7.05 Å². The van der Waals surface area contributed by atoms with E-state index in [4.69, 9.17) is 9.47 Å². The van der Waals surface area contributed by atoms with Crippen molar-refractivity contribution in [1.82, 2.24) is 14.8 Å². The summed E-state index contributed by atoms with van der Waals surface area (Å²) in [6.45, 7) is 1.71. The third-order valence-corrected chi connectivity index (χ3v) is 5.59. The van der Waals surface area contributed by atoms with Crippen LogP contribution in [0.3, 0.4) is 0 Å². The van der Waals surface area contributed by atoms with Crippen molar-refractivity contribution >= 4 is 22.4 Å². The molecule has 0 spiro atoms. The minimum atomic E-state index is -0.660. The second-order valence-electron chi connectivity index (χ2n) is 6.35. The molecule has 3 aromatic rings. The fourth-order valence-electron chi connectivity index (χ4n) is 3.11. The van der Waals surface area contributed by atoms with E-state index < -0.39 is 6.10 Å². The van der Waals surface area contributed by atoms with Gasteiger partial charge in [-0.25, -0.2) is 4.98 Å². The first kappa shape index (κ1) is 17.5. The van der Waals surface area contributed by atoms with Crippen LogP contribution in [0.1, 0.15) is 17.5 Å². The van der Waals surface area contributed by atoms with E-state index in [0.717, 1.165) is 24.1 Å². The summed E-state index contributed by atoms with van der Waals surface area (Å²) in [4.78, 5) is 18.3. The number of aromatic nitrogens is 3. The Morgan fingerprint density at radius 2 is 2.15 bits per heavy atom. The lowest BCUT2D eigenvalue weighted by Gasteiger charge is -2.14. The Morgan fingerprint density at radius 1 is 1.33 bits per heavy atom. The van der Waals surface area contributed by atoms with Gasteiger partial charge < -0.3 is 9.47 Å². The Balaban J connectivity index is 1.46. The summed E-state index contributed by atoms with van der Waals surface area (Å²) < 4.78 is 12.8. The van der Waals surface area contributed by atoms with E-state index in [1.807, 2.05) is 30.1 Å². The number of benzene rings is 1. The molecular weight excluding hydrogens is 364 g/mol. The number of carbonyl (C=O) groups is 1. The molecule has 140 valence electrons. The first-order chi connectivity index (χ1) is 13.0. The molecule has 0 unspecified atom stereocenters. The number of aryl methyl sites for hydroxylation is 2. The van der Waals surface area contributed by atoms with Gasteiger partial charge in [-0.05, 0) is 31.9 Å². The number of nitrogens with one attached hydrogen (secondary N) is 1. The number of anilines is 1. The molecule has 0 fully saturated rings. The Morgan fingerprint density at radius 3 is 2.96 bits per heavy atom. The van der Waals surface area contributed by atoms with E-state index in [0.29, 0.717) is 16.6 Å². The summed E-state index contributed by atoms with van der Waals surface area (Å²) in [6, 6.07) is 7.18. The van der Waals surface area contributed by atoms with Gasteiger partial charge in [-0.2, -0.15) is 5.10 Å². The van der Waals surface area contributed by atoms with Crippen LogP contribution in [0.2, 0.25) is 0 Å². The predicted octanol–water partition coefficient (Wildman–Crippen LogP) is 3.06. The maximum atomic E-state index is 12.5. The van der Waals surface area contributed by atoms with Gasteiger partial charge in [-0.15, -0.1) is 11.3 Å². The number of rotatable bonds is 5. The molecule has 1 atom stereocenters. The van der Waals surface area contributed by atoms with Crippen molar-refractivity contribution in [1.29, 1.82) is 0 Å². The lowest BCUT2D eigenvalue weighted by molar-refractivity contribution is -0.122. The molecule has 0 saturated carbocycles. The number of thiazole rings is 1. The molecule has 8 heteroatoms. The molecule has 0 saturated heterocycles. The van der Waals surface area contributed by atoms with Crippen molar-refractivity contribution in [2.75, 3.05) is 12.4 Å². The highest BCUT2D eigenvalue weighted by Gasteiger charge is 2.25. The van der Waals surface area contributed by atoms with Crippen LogP contribution in [0, 0.1) is 0 Å². The van der Waals surface area contributed by atoms with Crippen LogP contribution >= 0.6 is 11.3 Å². The highest BCUT2D eigenvalue weighted by Crippen LogP contribution is 2.37. The Labute approximate surface area is 161 Å². The zero-order valence-corrected chi connectivity index (χ0v) is 16.2. The molecule has 1 aliphatic rings. The highest BCUT2D eigenvalue weighted by atomic mass is 32.1. The van der Waals surface area contributed by atoms with Crippen LogP contribution < -0.4 is 14.8 Å². The molecular formula is C19H20N4O3S. The molecule has 1 aromatic carbocycles. The van der Waals surface area contributed by atoms with Crippen molar-refractivity contribution < 1.29 is 14.3 Å². The standard InChI is InChI=1S/C19H20N4O3S/c1-11(26-13-6-4-5-12(9-13)25-3)18(24)22-19-21-17-14-10-20-23(2)15(14)7-8-16(17)27-19/h4-6,9-11H,7-8H2,1-3H3,(H,21,22,24)/t11-/m1/s1. The maximum absolute atomic E-state index is 12.5. The zero-order valence-electron chi connectivity index (χ0n) is 15.4. The molecule has 0 bridgehead atoms. The first-order valence-electron chi connectivity index (χ1n) is 8.67. The largest absolute Gasteiger partial charge is 0.497 e. The summed E-state index contributed by atoms with van der Waals surface area (Å²) in [6.07, 6.45) is 3.02. The van der Waals surface area contributed by atoms with E-state index in [9.17, 15) is 4.79 Å². The second-order valence-corrected chi connectivity index (χ2v) is 7.43. The van der Waals surface area contributed by atoms with Gasteiger partial charge in [0, 0.05) is 29.2 Å². The van der Waals surface area contributed by atoms with Gasteiger partial charge >= 0.3 is 0 Å². The number of carbonyl (C=O) groups excluding carboxylic acids is 1. The number of amides is 1. The van der Waals surface area contributed by atoms with E-state index in [-0.39, 0.29) is 5.91 Å². The Bertz CT molecular complexity index is 995. The van der Waals surface area contributed by atoms with Crippen molar-refractivity contribution in [2.45, 2.75) is 25.9 Å². The van der Waals surface area contributed by atoms with Crippen LogP contribution in [0.5, 0.6) is 11.5 Å². The topological polar surface area (TPSA) is 78.3 Å². The van der Waals surface area contributed by atoms with Crippen LogP contribution in [-0.2, 0) is 24.7 Å². The van der Waals surface area contributed by atoms with E-state index in [1.54, 1.807) is 26.2 Å². The normalized spacial score (nSPS) is 13.4. The average Bonchev–Trinajstić information content (AvgIpc) is 3.24. The van der Waals surface area contributed by atoms with Gasteiger partial charge in [0.15, 0.2) is 11.2 Å². The molecule has 2 heterocycles. The highest BCUT2D eigenvalue weighted by molar-refractivity contribution is 7.16. The number of ether oxygens (including phenoxy) is 2. The van der Waals surface area contributed by atoms with E-state index in [2.05, 4.69) is 15.4 Å². The molecule has 2 aromatic heterocycles. The molecule has 1 N–H and O–H groups in total. The summed E-state index contributed by atoms with van der Waals surface area (Å²) in [5, 5.41) is 7.78.